The molecule has 0 N–H and O–H groups in total. The minimum absolute atomic E-state index is 0.200. The molecule has 17 heavy (non-hydrogen) atoms. The van der Waals surface area contributed by atoms with Crippen molar-refractivity contribution in [3.05, 3.63) is 11.6 Å². The Morgan fingerprint density at radius 1 is 1.29 bits per heavy atom. The van der Waals surface area contributed by atoms with Crippen LogP contribution in [0.3, 0.4) is 0 Å². The molecule has 0 aliphatic heterocycles. The van der Waals surface area contributed by atoms with E-state index in [1.807, 2.05) is 33.8 Å². The largest absolute Gasteiger partial charge is 0.457 e. The van der Waals surface area contributed by atoms with Gasteiger partial charge >= 0.3 is 5.97 Å². The average Bonchev–Trinajstić information content (AvgIpc) is 2.14. The highest BCUT2D eigenvalue weighted by Gasteiger charge is 2.18. The summed E-state index contributed by atoms with van der Waals surface area (Å²) in [7, 11) is 0. The van der Waals surface area contributed by atoms with Crippen LogP contribution in [-0.2, 0) is 9.53 Å². The Labute approximate surface area is 106 Å². The molecule has 0 amide bonds. The molecule has 0 rings (SSSR count). The number of hydrogen-bond donors (Lipinski definition) is 0. The molecule has 0 bridgehead atoms. The van der Waals surface area contributed by atoms with Crippen LogP contribution in [0.5, 0.6) is 0 Å². The molecule has 2 heteroatoms. The Balaban J connectivity index is 4.38. The molecule has 100 valence electrons. The molecule has 0 heterocycles. The maximum Gasteiger partial charge on any atom is 0.333 e. The summed E-state index contributed by atoms with van der Waals surface area (Å²) in [5, 5.41) is 0. The fraction of sp³-hybridized carbons (Fsp3) is 0.800. The van der Waals surface area contributed by atoms with Crippen LogP contribution in [0.2, 0.25) is 0 Å². The Bertz CT molecular complexity index is 271. The van der Waals surface area contributed by atoms with Gasteiger partial charge < -0.3 is 4.74 Å². The second kappa shape index (κ2) is 6.83. The Morgan fingerprint density at radius 2 is 1.82 bits per heavy atom. The normalized spacial score (nSPS) is 16.5. The van der Waals surface area contributed by atoms with Gasteiger partial charge in [0.2, 0.25) is 0 Å². The first-order valence-corrected chi connectivity index (χ1v) is 6.57. The summed E-state index contributed by atoms with van der Waals surface area (Å²) < 4.78 is 5.32. The fourth-order valence-electron chi connectivity index (χ4n) is 1.72. The lowest BCUT2D eigenvalue weighted by Crippen LogP contribution is -2.24. The molecule has 2 nitrogen and oxygen atoms in total. The van der Waals surface area contributed by atoms with Crippen LogP contribution >= 0.6 is 0 Å². The van der Waals surface area contributed by atoms with Crippen molar-refractivity contribution < 1.29 is 9.53 Å². The van der Waals surface area contributed by atoms with Gasteiger partial charge in [-0.2, -0.15) is 0 Å². The number of esters is 1. The molecule has 0 aliphatic carbocycles. The highest BCUT2D eigenvalue weighted by molar-refractivity contribution is 5.88. The summed E-state index contributed by atoms with van der Waals surface area (Å²) in [4.78, 5) is 11.8. The Morgan fingerprint density at radius 3 is 2.24 bits per heavy atom. The lowest BCUT2D eigenvalue weighted by molar-refractivity contribution is -0.149. The summed E-state index contributed by atoms with van der Waals surface area (Å²) in [6.07, 6.45) is 4.33. The van der Waals surface area contributed by atoms with Crippen LogP contribution in [0.15, 0.2) is 11.6 Å². The van der Waals surface area contributed by atoms with Crippen LogP contribution in [-0.4, -0.2) is 11.6 Å². The molecule has 0 aliphatic rings. The van der Waals surface area contributed by atoms with E-state index in [0.29, 0.717) is 11.8 Å². The van der Waals surface area contributed by atoms with Crippen molar-refractivity contribution in [1.29, 1.82) is 0 Å². The first-order chi connectivity index (χ1) is 7.65. The summed E-state index contributed by atoms with van der Waals surface area (Å²) in [5.74, 6) is 0.929. The van der Waals surface area contributed by atoms with Crippen LogP contribution in [0, 0.1) is 11.8 Å². The van der Waals surface area contributed by atoms with Crippen molar-refractivity contribution in [3.63, 3.8) is 0 Å². The standard InChI is InChI=1S/C15H28O2/c1-8-11(2)9-12(3)10-13(4)14(16)17-15(5,6)7/h10-12H,8-9H2,1-7H3/b13-10+/t11-,12-/m1/s1. The minimum atomic E-state index is -0.411. The second-order valence-electron chi connectivity index (χ2n) is 6.08. The number of carbonyl (C=O) groups is 1. The predicted octanol–water partition coefficient (Wildman–Crippen LogP) is 4.35. The van der Waals surface area contributed by atoms with Gasteiger partial charge in [0.25, 0.3) is 0 Å². The molecular formula is C15H28O2. The maximum absolute atomic E-state index is 11.8. The van der Waals surface area contributed by atoms with Gasteiger partial charge in [-0.3, -0.25) is 0 Å². The lowest BCUT2D eigenvalue weighted by atomic mass is 9.94. The lowest BCUT2D eigenvalue weighted by Gasteiger charge is -2.20. The first kappa shape index (κ1) is 16.2. The summed E-state index contributed by atoms with van der Waals surface area (Å²) in [6.45, 7) is 14.1. The minimum Gasteiger partial charge on any atom is -0.457 e. The van der Waals surface area contributed by atoms with E-state index in [1.165, 1.54) is 6.42 Å². The Kier molecular flexibility index (Phi) is 6.51. The molecule has 2 atom stereocenters. The molecule has 0 radical (unpaired) electrons. The van der Waals surface area contributed by atoms with Gasteiger partial charge in [-0.05, 0) is 46.0 Å². The average molecular weight is 240 g/mol. The van der Waals surface area contributed by atoms with Crippen molar-refractivity contribution in [2.45, 2.75) is 66.9 Å². The van der Waals surface area contributed by atoms with Gasteiger partial charge in [0.1, 0.15) is 5.60 Å². The topological polar surface area (TPSA) is 26.3 Å². The van der Waals surface area contributed by atoms with E-state index in [1.54, 1.807) is 0 Å². The third-order valence-electron chi connectivity index (χ3n) is 2.73. The van der Waals surface area contributed by atoms with Crippen LogP contribution in [0.1, 0.15) is 61.3 Å². The number of ether oxygens (including phenoxy) is 1. The monoisotopic (exact) mass is 240 g/mol. The van der Waals surface area contributed by atoms with Crippen molar-refractivity contribution in [2.75, 3.05) is 0 Å². The SMILES string of the molecule is CC[C@@H](C)C[C@@H](C)/C=C(\C)C(=O)OC(C)(C)C. The summed E-state index contributed by atoms with van der Waals surface area (Å²) >= 11 is 0. The van der Waals surface area contributed by atoms with Crippen LogP contribution in [0.25, 0.3) is 0 Å². The zero-order valence-electron chi connectivity index (χ0n) is 12.5. The van der Waals surface area contributed by atoms with Crippen molar-refractivity contribution >= 4 is 5.97 Å². The van der Waals surface area contributed by atoms with Crippen molar-refractivity contribution in [3.8, 4) is 0 Å². The van der Waals surface area contributed by atoms with E-state index in [2.05, 4.69) is 20.8 Å². The van der Waals surface area contributed by atoms with Crippen LogP contribution < -0.4 is 0 Å². The number of allylic oxidation sites excluding steroid dienone is 1. The molecule has 0 aromatic rings. The highest BCUT2D eigenvalue weighted by Crippen LogP contribution is 2.18. The van der Waals surface area contributed by atoms with Crippen molar-refractivity contribution in [1.82, 2.24) is 0 Å². The molecule has 0 aromatic carbocycles. The van der Waals surface area contributed by atoms with E-state index in [-0.39, 0.29) is 5.97 Å². The number of hydrogen-bond acceptors (Lipinski definition) is 2. The first-order valence-electron chi connectivity index (χ1n) is 6.57. The zero-order chi connectivity index (χ0) is 13.6. The summed E-state index contributed by atoms with van der Waals surface area (Å²) in [5.41, 5.74) is 0.308. The molecule has 0 saturated heterocycles. The molecular weight excluding hydrogens is 212 g/mol. The van der Waals surface area contributed by atoms with Gasteiger partial charge in [0.05, 0.1) is 0 Å². The molecule has 0 unspecified atom stereocenters. The molecule has 0 aromatic heterocycles. The zero-order valence-corrected chi connectivity index (χ0v) is 12.5. The van der Waals surface area contributed by atoms with E-state index in [9.17, 15) is 4.79 Å². The van der Waals surface area contributed by atoms with Gasteiger partial charge in [-0.25, -0.2) is 4.79 Å². The number of carbonyl (C=O) groups excluding carboxylic acids is 1. The van der Waals surface area contributed by atoms with E-state index in [0.717, 1.165) is 12.0 Å². The van der Waals surface area contributed by atoms with E-state index < -0.39 is 5.60 Å². The van der Waals surface area contributed by atoms with Gasteiger partial charge in [0.15, 0.2) is 0 Å². The molecule has 0 saturated carbocycles. The fourth-order valence-corrected chi connectivity index (χ4v) is 1.72. The smallest absolute Gasteiger partial charge is 0.333 e. The third-order valence-corrected chi connectivity index (χ3v) is 2.73. The Hall–Kier alpha value is -0.790. The molecule has 0 spiro atoms. The van der Waals surface area contributed by atoms with E-state index in [4.69, 9.17) is 4.74 Å². The second-order valence-corrected chi connectivity index (χ2v) is 6.08. The van der Waals surface area contributed by atoms with Gasteiger partial charge in [-0.15, -0.1) is 0 Å². The van der Waals surface area contributed by atoms with Crippen LogP contribution in [0.4, 0.5) is 0 Å². The van der Waals surface area contributed by atoms with Gasteiger partial charge in [0, 0.05) is 5.57 Å². The highest BCUT2D eigenvalue weighted by atomic mass is 16.6. The number of rotatable bonds is 5. The van der Waals surface area contributed by atoms with Crippen molar-refractivity contribution in [2.24, 2.45) is 11.8 Å². The van der Waals surface area contributed by atoms with E-state index >= 15 is 0 Å². The van der Waals surface area contributed by atoms with Gasteiger partial charge in [-0.1, -0.05) is 33.3 Å². The predicted molar refractivity (Wildman–Crippen MR) is 72.8 cm³/mol. The maximum atomic E-state index is 11.8. The quantitative estimate of drug-likeness (QED) is 0.527. The summed E-state index contributed by atoms with van der Waals surface area (Å²) in [6, 6.07) is 0. The molecule has 0 fully saturated rings. The third kappa shape index (κ3) is 8.00.